The van der Waals surface area contributed by atoms with Crippen LogP contribution in [0.3, 0.4) is 0 Å². The second-order valence-corrected chi connectivity index (χ2v) is 6.15. The van der Waals surface area contributed by atoms with Gasteiger partial charge >= 0.3 is 0 Å². The first-order chi connectivity index (χ1) is 11.8. The van der Waals surface area contributed by atoms with Gasteiger partial charge in [0, 0.05) is 22.5 Å². The van der Waals surface area contributed by atoms with E-state index >= 15 is 0 Å². The molecule has 3 N–H and O–H groups in total. The predicted octanol–water partition coefficient (Wildman–Crippen LogP) is 3.03. The molecule has 0 aromatic heterocycles. The monoisotopic (exact) mass is 386 g/mol. The lowest BCUT2D eigenvalue weighted by Gasteiger charge is -2.17. The van der Waals surface area contributed by atoms with Gasteiger partial charge in [-0.1, -0.05) is 35.3 Å². The third-order valence-corrected chi connectivity index (χ3v) is 4.22. The molecule has 8 heteroatoms. The zero-order valence-corrected chi connectivity index (χ0v) is 14.4. The van der Waals surface area contributed by atoms with E-state index < -0.39 is 29.5 Å². The van der Waals surface area contributed by atoms with Gasteiger partial charge in [-0.15, -0.1) is 0 Å². The van der Waals surface area contributed by atoms with Crippen LogP contribution in [0.2, 0.25) is 10.0 Å². The van der Waals surface area contributed by atoms with E-state index in [0.29, 0.717) is 21.7 Å². The topological polar surface area (TPSA) is 72.2 Å². The van der Waals surface area contributed by atoms with Gasteiger partial charge < -0.3 is 11.1 Å². The van der Waals surface area contributed by atoms with E-state index in [1.54, 1.807) is 18.2 Å². The second kappa shape index (κ2) is 8.27. The van der Waals surface area contributed by atoms with Gasteiger partial charge in [0.25, 0.3) is 0 Å². The second-order valence-electron chi connectivity index (χ2n) is 5.34. The summed E-state index contributed by atoms with van der Waals surface area (Å²) in [5, 5.41) is 3.08. The van der Waals surface area contributed by atoms with Gasteiger partial charge in [0.05, 0.1) is 6.42 Å². The van der Waals surface area contributed by atoms with Gasteiger partial charge in [-0.25, -0.2) is 8.78 Å². The van der Waals surface area contributed by atoms with Gasteiger partial charge in [0.15, 0.2) is 0 Å². The molecule has 0 aliphatic heterocycles. The van der Waals surface area contributed by atoms with Crippen LogP contribution in [0.1, 0.15) is 11.1 Å². The number of benzene rings is 2. The first-order valence-corrected chi connectivity index (χ1v) is 7.99. The molecule has 2 aromatic rings. The SMILES string of the molecule is NC(=O)[C@@H](Cc1c(Cl)cccc1Cl)NC(=O)Cc1ccc(F)cc1F. The van der Waals surface area contributed by atoms with Crippen molar-refractivity contribution in [1.29, 1.82) is 0 Å². The third kappa shape index (κ3) is 5.14. The fourth-order valence-electron chi connectivity index (χ4n) is 2.24. The van der Waals surface area contributed by atoms with Crippen molar-refractivity contribution >= 4 is 35.0 Å². The molecule has 2 amide bonds. The van der Waals surface area contributed by atoms with Crippen LogP contribution in [-0.4, -0.2) is 17.9 Å². The molecule has 2 aromatic carbocycles. The van der Waals surface area contributed by atoms with E-state index in [-0.39, 0.29) is 18.4 Å². The molecule has 0 aliphatic rings. The first-order valence-electron chi connectivity index (χ1n) is 7.23. The number of halogens is 4. The van der Waals surface area contributed by atoms with Crippen molar-refractivity contribution in [2.24, 2.45) is 5.73 Å². The Bertz CT molecular complexity index is 795. The number of hydrogen-bond donors (Lipinski definition) is 2. The van der Waals surface area contributed by atoms with Crippen LogP contribution in [0.15, 0.2) is 36.4 Å². The molecule has 0 radical (unpaired) electrons. The summed E-state index contributed by atoms with van der Waals surface area (Å²) in [5.41, 5.74) is 5.77. The standard InChI is InChI=1S/C17H14Cl2F2N2O2/c18-12-2-1-3-13(19)11(12)8-15(17(22)25)23-16(24)6-9-4-5-10(20)7-14(9)21/h1-5,7,15H,6,8H2,(H2,22,25)(H,23,24)/t15-/m1/s1. The smallest absolute Gasteiger partial charge is 0.240 e. The Morgan fingerprint density at radius 1 is 1.12 bits per heavy atom. The van der Waals surface area contributed by atoms with Crippen molar-refractivity contribution in [2.75, 3.05) is 0 Å². The maximum absolute atomic E-state index is 13.6. The van der Waals surface area contributed by atoms with E-state index in [0.717, 1.165) is 12.1 Å². The quantitative estimate of drug-likeness (QED) is 0.800. The van der Waals surface area contributed by atoms with Crippen LogP contribution in [0.25, 0.3) is 0 Å². The molecule has 0 saturated heterocycles. The summed E-state index contributed by atoms with van der Waals surface area (Å²) in [6, 6.07) is 6.64. The molecule has 4 nitrogen and oxygen atoms in total. The Labute approximate surface area is 152 Å². The van der Waals surface area contributed by atoms with Crippen molar-refractivity contribution in [1.82, 2.24) is 5.32 Å². The average Bonchev–Trinajstić information content (AvgIpc) is 2.52. The number of nitrogens with two attached hydrogens (primary N) is 1. The molecule has 0 spiro atoms. The summed E-state index contributed by atoms with van der Waals surface area (Å²) in [4.78, 5) is 23.7. The van der Waals surface area contributed by atoms with E-state index in [2.05, 4.69) is 5.32 Å². The molecule has 0 saturated carbocycles. The van der Waals surface area contributed by atoms with E-state index in [4.69, 9.17) is 28.9 Å². The summed E-state index contributed by atoms with van der Waals surface area (Å²) in [6.07, 6.45) is -0.377. The molecule has 2 rings (SSSR count). The zero-order chi connectivity index (χ0) is 18.6. The van der Waals surface area contributed by atoms with Crippen molar-refractivity contribution in [2.45, 2.75) is 18.9 Å². The molecule has 0 bridgehead atoms. The maximum atomic E-state index is 13.6. The van der Waals surface area contributed by atoms with Gasteiger partial charge in [0.1, 0.15) is 17.7 Å². The number of carbonyl (C=O) groups excluding carboxylic acids is 2. The van der Waals surface area contributed by atoms with Crippen LogP contribution >= 0.6 is 23.2 Å². The number of hydrogen-bond acceptors (Lipinski definition) is 2. The fraction of sp³-hybridized carbons (Fsp3) is 0.176. The Kier molecular flexibility index (Phi) is 6.33. The normalized spacial score (nSPS) is 11.8. The predicted molar refractivity (Wildman–Crippen MR) is 91.4 cm³/mol. The highest BCUT2D eigenvalue weighted by Gasteiger charge is 2.22. The lowest BCUT2D eigenvalue weighted by molar-refractivity contribution is -0.127. The molecule has 1 atom stereocenters. The molecule has 0 fully saturated rings. The molecule has 132 valence electrons. The van der Waals surface area contributed by atoms with Crippen molar-refractivity contribution in [3.8, 4) is 0 Å². The van der Waals surface area contributed by atoms with Crippen LogP contribution in [0.4, 0.5) is 8.78 Å². The van der Waals surface area contributed by atoms with Crippen molar-refractivity contribution in [3.63, 3.8) is 0 Å². The minimum absolute atomic E-state index is 0.00195. The molecular weight excluding hydrogens is 373 g/mol. The summed E-state index contributed by atoms with van der Waals surface area (Å²) in [5.74, 6) is -3.02. The molecular formula is C17H14Cl2F2N2O2. The Balaban J connectivity index is 2.11. The molecule has 0 heterocycles. The van der Waals surface area contributed by atoms with Crippen LogP contribution in [-0.2, 0) is 22.4 Å². The summed E-state index contributed by atoms with van der Waals surface area (Å²) < 4.78 is 26.5. The van der Waals surface area contributed by atoms with Crippen LogP contribution in [0, 0.1) is 11.6 Å². The Morgan fingerprint density at radius 2 is 1.76 bits per heavy atom. The van der Waals surface area contributed by atoms with Gasteiger partial charge in [0.2, 0.25) is 11.8 Å². The van der Waals surface area contributed by atoms with E-state index in [9.17, 15) is 18.4 Å². The molecule has 0 aliphatic carbocycles. The highest BCUT2D eigenvalue weighted by Crippen LogP contribution is 2.25. The highest BCUT2D eigenvalue weighted by atomic mass is 35.5. The largest absolute Gasteiger partial charge is 0.368 e. The number of rotatable bonds is 6. The number of primary amides is 1. The van der Waals surface area contributed by atoms with E-state index in [1.807, 2.05) is 0 Å². The van der Waals surface area contributed by atoms with Crippen LogP contribution < -0.4 is 11.1 Å². The third-order valence-electron chi connectivity index (χ3n) is 3.51. The number of amides is 2. The lowest BCUT2D eigenvalue weighted by atomic mass is 10.0. The van der Waals surface area contributed by atoms with Crippen molar-refractivity contribution < 1.29 is 18.4 Å². The van der Waals surface area contributed by atoms with Gasteiger partial charge in [-0.2, -0.15) is 0 Å². The van der Waals surface area contributed by atoms with Crippen LogP contribution in [0.5, 0.6) is 0 Å². The maximum Gasteiger partial charge on any atom is 0.240 e. The summed E-state index contributed by atoms with van der Waals surface area (Å²) >= 11 is 12.1. The van der Waals surface area contributed by atoms with Crippen molar-refractivity contribution in [3.05, 3.63) is 69.2 Å². The summed E-state index contributed by atoms with van der Waals surface area (Å²) in [7, 11) is 0. The zero-order valence-electron chi connectivity index (χ0n) is 12.9. The Morgan fingerprint density at radius 3 is 2.32 bits per heavy atom. The molecule has 0 unspecified atom stereocenters. The number of nitrogens with one attached hydrogen (secondary N) is 1. The summed E-state index contributed by atoms with van der Waals surface area (Å²) in [6.45, 7) is 0. The fourth-order valence-corrected chi connectivity index (χ4v) is 2.79. The van der Waals surface area contributed by atoms with E-state index in [1.165, 1.54) is 0 Å². The van der Waals surface area contributed by atoms with Gasteiger partial charge in [-0.05, 0) is 29.3 Å². The minimum atomic E-state index is -1.08. The van der Waals surface area contributed by atoms with Gasteiger partial charge in [-0.3, -0.25) is 9.59 Å². The number of carbonyl (C=O) groups is 2. The lowest BCUT2D eigenvalue weighted by Crippen LogP contribution is -2.46. The Hall–Kier alpha value is -2.18. The average molecular weight is 387 g/mol. The highest BCUT2D eigenvalue weighted by molar-refractivity contribution is 6.36. The first kappa shape index (κ1) is 19.1. The molecule has 25 heavy (non-hydrogen) atoms. The minimum Gasteiger partial charge on any atom is -0.368 e.